The standard InChI is InChI=1S/C33H44N6O7S/c1-20(2)16-25(28(41)32-38-37-31(46-32)23-13-9-8-10-14-23)36-29(42)22(4)35-30(43)26(18-27(40)34-19-33(5,6)7)39-47(44,45)24-15-11-12-21(3)17-24/h8-15,17,20,22,25-26,39H,16,18-19H2,1-7H3,(H,34,40)(H,35,43)(H,36,42)/t22-,25-,26-/m0/s1. The van der Waals surface area contributed by atoms with Crippen molar-refractivity contribution in [3.63, 3.8) is 0 Å². The molecule has 1 aromatic heterocycles. The number of Topliss-reactive ketones (excluding diaryl/α,β-unsaturated/α-hetero) is 1. The lowest BCUT2D eigenvalue weighted by atomic mass is 9.97. The maximum absolute atomic E-state index is 13.4. The van der Waals surface area contributed by atoms with Gasteiger partial charge >= 0.3 is 0 Å². The number of sulfonamides is 1. The molecule has 0 radical (unpaired) electrons. The minimum atomic E-state index is -4.22. The SMILES string of the molecule is Cc1cccc(S(=O)(=O)N[C@@H](CC(=O)NCC(C)(C)C)C(=O)N[C@@H](C)C(=O)N[C@@H](CC(C)C)C(=O)c2nnc(-c3ccccc3)o2)c1. The monoisotopic (exact) mass is 668 g/mol. The Bertz CT molecular complexity index is 1670. The molecule has 47 heavy (non-hydrogen) atoms. The zero-order chi connectivity index (χ0) is 34.9. The average Bonchev–Trinajstić information content (AvgIpc) is 3.49. The van der Waals surface area contributed by atoms with Crippen LogP contribution in [-0.2, 0) is 24.4 Å². The highest BCUT2D eigenvalue weighted by molar-refractivity contribution is 7.89. The van der Waals surface area contributed by atoms with E-state index in [9.17, 15) is 27.6 Å². The molecule has 0 saturated heterocycles. The summed E-state index contributed by atoms with van der Waals surface area (Å²) < 4.78 is 34.3. The maximum Gasteiger partial charge on any atom is 0.286 e. The van der Waals surface area contributed by atoms with Gasteiger partial charge in [-0.1, -0.05) is 65.0 Å². The Morgan fingerprint density at radius 1 is 0.872 bits per heavy atom. The molecule has 0 fully saturated rings. The van der Waals surface area contributed by atoms with Gasteiger partial charge in [-0.15, -0.1) is 10.2 Å². The lowest BCUT2D eigenvalue weighted by Gasteiger charge is -2.24. The molecule has 13 nitrogen and oxygen atoms in total. The normalized spacial score (nSPS) is 13.8. The number of aryl methyl sites for hydroxylation is 1. The lowest BCUT2D eigenvalue weighted by Crippen LogP contribution is -2.55. The molecule has 1 heterocycles. The van der Waals surface area contributed by atoms with Gasteiger partial charge in [-0.25, -0.2) is 8.42 Å². The molecule has 0 aliphatic heterocycles. The molecular weight excluding hydrogens is 624 g/mol. The van der Waals surface area contributed by atoms with Crippen LogP contribution in [0, 0.1) is 18.3 Å². The van der Waals surface area contributed by atoms with Crippen LogP contribution in [0.15, 0.2) is 63.9 Å². The molecule has 0 aliphatic rings. The number of nitrogens with zero attached hydrogens (tertiary/aromatic N) is 2. The van der Waals surface area contributed by atoms with Gasteiger partial charge in [0.05, 0.1) is 17.4 Å². The van der Waals surface area contributed by atoms with Gasteiger partial charge in [0.2, 0.25) is 39.4 Å². The molecule has 0 unspecified atom stereocenters. The predicted octanol–water partition coefficient (Wildman–Crippen LogP) is 3.16. The fraction of sp³-hybridized carbons (Fsp3) is 0.455. The average molecular weight is 669 g/mol. The Balaban J connectivity index is 1.76. The Morgan fingerprint density at radius 3 is 2.17 bits per heavy atom. The second-order valence-electron chi connectivity index (χ2n) is 13.1. The molecule has 3 amide bonds. The largest absolute Gasteiger partial charge is 0.414 e. The summed E-state index contributed by atoms with van der Waals surface area (Å²) in [6.45, 7) is 12.9. The lowest BCUT2D eigenvalue weighted by molar-refractivity contribution is -0.131. The maximum atomic E-state index is 13.4. The molecule has 3 aromatic rings. The van der Waals surface area contributed by atoms with Crippen molar-refractivity contribution in [2.45, 2.75) is 84.3 Å². The van der Waals surface area contributed by atoms with Crippen molar-refractivity contribution in [1.29, 1.82) is 0 Å². The Labute approximate surface area is 275 Å². The Kier molecular flexibility index (Phi) is 12.5. The summed E-state index contributed by atoms with van der Waals surface area (Å²) in [7, 11) is -4.22. The first-order valence-electron chi connectivity index (χ1n) is 15.3. The summed E-state index contributed by atoms with van der Waals surface area (Å²) in [4.78, 5) is 52.8. The molecule has 3 rings (SSSR count). The van der Waals surface area contributed by atoms with Gasteiger partial charge in [-0.3, -0.25) is 19.2 Å². The number of benzene rings is 2. The van der Waals surface area contributed by atoms with Gasteiger partial charge in [0.15, 0.2) is 0 Å². The van der Waals surface area contributed by atoms with Crippen LogP contribution in [0.2, 0.25) is 0 Å². The van der Waals surface area contributed by atoms with Crippen molar-refractivity contribution in [2.75, 3.05) is 6.54 Å². The minimum absolute atomic E-state index is 0.0160. The fourth-order valence-corrected chi connectivity index (χ4v) is 5.70. The summed E-state index contributed by atoms with van der Waals surface area (Å²) in [6.07, 6.45) is -0.280. The second-order valence-corrected chi connectivity index (χ2v) is 14.8. The van der Waals surface area contributed by atoms with Crippen LogP contribution in [-0.4, -0.2) is 66.8 Å². The number of amides is 3. The molecule has 4 N–H and O–H groups in total. The topological polar surface area (TPSA) is 189 Å². The van der Waals surface area contributed by atoms with Gasteiger partial charge in [0.1, 0.15) is 12.1 Å². The number of hydrogen-bond acceptors (Lipinski definition) is 9. The van der Waals surface area contributed by atoms with Crippen molar-refractivity contribution < 1.29 is 32.0 Å². The molecule has 14 heteroatoms. The molecule has 3 atom stereocenters. The molecule has 0 saturated carbocycles. The number of nitrogens with one attached hydrogen (secondary N) is 4. The third-order valence-electron chi connectivity index (χ3n) is 6.87. The third kappa shape index (κ3) is 11.4. The van der Waals surface area contributed by atoms with Gasteiger partial charge in [-0.2, -0.15) is 4.72 Å². The van der Waals surface area contributed by atoms with E-state index < -0.39 is 58.1 Å². The van der Waals surface area contributed by atoms with E-state index in [0.717, 1.165) is 0 Å². The quantitative estimate of drug-likeness (QED) is 0.176. The van der Waals surface area contributed by atoms with Crippen LogP contribution in [0.1, 0.15) is 70.6 Å². The molecule has 0 aliphatic carbocycles. The first kappa shape index (κ1) is 37.0. The molecule has 0 spiro atoms. The van der Waals surface area contributed by atoms with Crippen molar-refractivity contribution in [1.82, 2.24) is 30.9 Å². The first-order chi connectivity index (χ1) is 21.9. The van der Waals surface area contributed by atoms with Crippen LogP contribution < -0.4 is 20.7 Å². The van der Waals surface area contributed by atoms with E-state index in [2.05, 4.69) is 30.9 Å². The number of carbonyl (C=O) groups is 4. The highest BCUT2D eigenvalue weighted by atomic mass is 32.2. The fourth-order valence-electron chi connectivity index (χ4n) is 4.40. The summed E-state index contributed by atoms with van der Waals surface area (Å²) in [5.41, 5.74) is 1.05. The van der Waals surface area contributed by atoms with E-state index in [1.54, 1.807) is 43.3 Å². The smallest absolute Gasteiger partial charge is 0.286 e. The molecule has 0 bridgehead atoms. The van der Waals surface area contributed by atoms with Gasteiger partial charge < -0.3 is 20.4 Å². The Morgan fingerprint density at radius 2 is 1.55 bits per heavy atom. The Hall–Kier alpha value is -4.43. The van der Waals surface area contributed by atoms with Gasteiger partial charge in [0, 0.05) is 12.1 Å². The predicted molar refractivity (Wildman–Crippen MR) is 175 cm³/mol. The number of aromatic nitrogens is 2. The molecule has 254 valence electrons. The summed E-state index contributed by atoms with van der Waals surface area (Å²) in [6, 6.07) is 11.2. The number of hydrogen-bond donors (Lipinski definition) is 4. The zero-order valence-electron chi connectivity index (χ0n) is 27.8. The van der Waals surface area contributed by atoms with Crippen molar-refractivity contribution >= 4 is 33.5 Å². The summed E-state index contributed by atoms with van der Waals surface area (Å²) in [5.74, 6) is -2.91. The van der Waals surface area contributed by atoms with Crippen molar-refractivity contribution in [2.24, 2.45) is 11.3 Å². The highest BCUT2D eigenvalue weighted by Gasteiger charge is 2.33. The summed E-state index contributed by atoms with van der Waals surface area (Å²) >= 11 is 0. The molecule has 2 aromatic carbocycles. The summed E-state index contributed by atoms with van der Waals surface area (Å²) in [5, 5.41) is 15.7. The number of carbonyl (C=O) groups excluding carboxylic acids is 4. The second kappa shape index (κ2) is 15.9. The van der Waals surface area contributed by atoms with Crippen molar-refractivity contribution in [3.8, 4) is 11.5 Å². The van der Waals surface area contributed by atoms with E-state index >= 15 is 0 Å². The van der Waals surface area contributed by atoms with E-state index in [0.29, 0.717) is 17.7 Å². The zero-order valence-corrected chi connectivity index (χ0v) is 28.6. The van der Waals surface area contributed by atoms with Crippen molar-refractivity contribution in [3.05, 3.63) is 66.1 Å². The van der Waals surface area contributed by atoms with Crippen LogP contribution in [0.25, 0.3) is 11.5 Å². The van der Waals surface area contributed by atoms with E-state index in [4.69, 9.17) is 4.42 Å². The first-order valence-corrected chi connectivity index (χ1v) is 16.8. The number of rotatable bonds is 15. The van der Waals surface area contributed by atoms with E-state index in [-0.39, 0.29) is 34.4 Å². The van der Waals surface area contributed by atoms with Crippen LogP contribution in [0.5, 0.6) is 0 Å². The van der Waals surface area contributed by atoms with Crippen LogP contribution >= 0.6 is 0 Å². The number of ketones is 1. The van der Waals surface area contributed by atoms with Gasteiger partial charge in [0.25, 0.3) is 5.89 Å². The minimum Gasteiger partial charge on any atom is -0.414 e. The van der Waals surface area contributed by atoms with Gasteiger partial charge in [-0.05, 0) is 61.4 Å². The third-order valence-corrected chi connectivity index (χ3v) is 8.34. The molecular formula is C33H44N6O7S. The highest BCUT2D eigenvalue weighted by Crippen LogP contribution is 2.19. The van der Waals surface area contributed by atoms with Crippen LogP contribution in [0.3, 0.4) is 0 Å². The van der Waals surface area contributed by atoms with Crippen LogP contribution in [0.4, 0.5) is 0 Å². The van der Waals surface area contributed by atoms with E-state index in [1.165, 1.54) is 19.1 Å². The van der Waals surface area contributed by atoms with E-state index in [1.807, 2.05) is 40.7 Å².